The van der Waals surface area contributed by atoms with Crippen LogP contribution in [-0.4, -0.2) is 5.91 Å². The van der Waals surface area contributed by atoms with Gasteiger partial charge in [-0.2, -0.15) is 0 Å². The lowest BCUT2D eigenvalue weighted by Crippen LogP contribution is -2.14. The lowest BCUT2D eigenvalue weighted by atomic mass is 10.1. The monoisotopic (exact) mass is 267 g/mol. The number of carbonyl (C=O) groups excluding carboxylic acids is 1. The van der Waals surface area contributed by atoms with Gasteiger partial charge in [-0.3, -0.25) is 4.79 Å². The van der Waals surface area contributed by atoms with E-state index >= 15 is 0 Å². The average molecular weight is 267 g/mol. The van der Waals surface area contributed by atoms with Crippen molar-refractivity contribution in [3.8, 4) is 0 Å². The quantitative estimate of drug-likeness (QED) is 0.878. The number of hydrogen-bond acceptors (Lipinski definition) is 2. The van der Waals surface area contributed by atoms with Crippen LogP contribution in [0.2, 0.25) is 0 Å². The molecule has 1 aromatic heterocycles. The van der Waals surface area contributed by atoms with E-state index < -0.39 is 23.2 Å². The third-order valence-electron chi connectivity index (χ3n) is 2.73. The number of thiophene rings is 1. The van der Waals surface area contributed by atoms with E-state index in [1.165, 1.54) is 17.4 Å². The summed E-state index contributed by atoms with van der Waals surface area (Å²) in [7, 11) is 0. The first-order chi connectivity index (χ1) is 8.50. The number of halogens is 2. The number of aryl methyl sites for hydroxylation is 1. The zero-order chi connectivity index (χ0) is 13.3. The number of carbonyl (C=O) groups is 1. The molecule has 2 aromatic rings. The Hall–Kier alpha value is -1.75. The first-order valence-corrected chi connectivity index (χ1v) is 6.18. The van der Waals surface area contributed by atoms with Crippen molar-refractivity contribution < 1.29 is 13.6 Å². The molecule has 0 atom stereocenters. The molecule has 0 aliphatic carbocycles. The highest BCUT2D eigenvalue weighted by atomic mass is 32.1. The molecule has 0 aliphatic heterocycles. The minimum Gasteiger partial charge on any atom is -0.317 e. The molecule has 0 saturated heterocycles. The van der Waals surface area contributed by atoms with Crippen LogP contribution in [0.15, 0.2) is 23.6 Å². The number of para-hydroxylation sites is 1. The Morgan fingerprint density at radius 2 is 1.83 bits per heavy atom. The van der Waals surface area contributed by atoms with Crippen LogP contribution in [-0.2, 0) is 0 Å². The van der Waals surface area contributed by atoms with Gasteiger partial charge in [0.2, 0.25) is 0 Å². The zero-order valence-corrected chi connectivity index (χ0v) is 10.7. The number of anilines is 1. The van der Waals surface area contributed by atoms with E-state index in [9.17, 15) is 13.6 Å². The minimum atomic E-state index is -0.784. The van der Waals surface area contributed by atoms with Gasteiger partial charge in [0.05, 0.1) is 5.56 Å². The summed E-state index contributed by atoms with van der Waals surface area (Å²) in [6.07, 6.45) is 0. The summed E-state index contributed by atoms with van der Waals surface area (Å²) in [5.41, 5.74) is 0.861. The van der Waals surface area contributed by atoms with Crippen molar-refractivity contribution in [3.63, 3.8) is 0 Å². The minimum absolute atomic E-state index is 0.411. The smallest absolute Gasteiger partial charge is 0.256 e. The molecule has 0 aliphatic rings. The average Bonchev–Trinajstić information content (AvgIpc) is 2.65. The fourth-order valence-electron chi connectivity index (χ4n) is 1.54. The molecule has 0 bridgehead atoms. The summed E-state index contributed by atoms with van der Waals surface area (Å²) >= 11 is 1.43. The van der Waals surface area contributed by atoms with Gasteiger partial charge in [0.1, 0.15) is 17.3 Å². The number of hydrogen-bond donors (Lipinski definition) is 1. The Morgan fingerprint density at radius 3 is 2.33 bits per heavy atom. The Balaban J connectivity index is 2.30. The van der Waals surface area contributed by atoms with Crippen LogP contribution >= 0.6 is 11.3 Å². The fraction of sp³-hybridized carbons (Fsp3) is 0.154. The highest BCUT2D eigenvalue weighted by molar-refractivity contribution is 7.10. The van der Waals surface area contributed by atoms with Gasteiger partial charge in [-0.25, -0.2) is 8.78 Å². The second-order valence-electron chi connectivity index (χ2n) is 3.88. The molecule has 0 unspecified atom stereocenters. The third-order valence-corrected chi connectivity index (χ3v) is 3.74. The second-order valence-corrected chi connectivity index (χ2v) is 4.97. The van der Waals surface area contributed by atoms with Crippen molar-refractivity contribution in [3.05, 3.63) is 51.2 Å². The van der Waals surface area contributed by atoms with E-state index in [-0.39, 0.29) is 0 Å². The predicted molar refractivity (Wildman–Crippen MR) is 68.1 cm³/mol. The molecule has 18 heavy (non-hydrogen) atoms. The summed E-state index contributed by atoms with van der Waals surface area (Å²) in [4.78, 5) is 12.9. The van der Waals surface area contributed by atoms with Crippen LogP contribution in [0.1, 0.15) is 20.8 Å². The molecule has 1 amide bonds. The van der Waals surface area contributed by atoms with Crippen molar-refractivity contribution in [1.82, 2.24) is 0 Å². The van der Waals surface area contributed by atoms with Gasteiger partial charge in [0, 0.05) is 10.3 Å². The van der Waals surface area contributed by atoms with Gasteiger partial charge in [0.15, 0.2) is 0 Å². The topological polar surface area (TPSA) is 29.1 Å². The van der Waals surface area contributed by atoms with Crippen molar-refractivity contribution in [2.24, 2.45) is 0 Å². The molecule has 0 saturated carbocycles. The number of rotatable bonds is 2. The lowest BCUT2D eigenvalue weighted by Gasteiger charge is -2.07. The Morgan fingerprint density at radius 1 is 1.22 bits per heavy atom. The molecule has 5 heteroatoms. The molecule has 1 N–H and O–H groups in total. The van der Waals surface area contributed by atoms with E-state index in [0.717, 1.165) is 22.6 Å². The van der Waals surface area contributed by atoms with Gasteiger partial charge < -0.3 is 5.32 Å². The summed E-state index contributed by atoms with van der Waals surface area (Å²) < 4.78 is 26.8. The summed E-state index contributed by atoms with van der Waals surface area (Å²) in [6, 6.07) is 3.45. The Labute approximate surface area is 107 Å². The van der Waals surface area contributed by atoms with Crippen LogP contribution in [0.25, 0.3) is 0 Å². The Kier molecular flexibility index (Phi) is 3.43. The van der Waals surface area contributed by atoms with E-state index in [1.54, 1.807) is 12.3 Å². The summed E-state index contributed by atoms with van der Waals surface area (Å²) in [5, 5.41) is 3.95. The number of benzene rings is 1. The van der Waals surface area contributed by atoms with Gasteiger partial charge >= 0.3 is 0 Å². The van der Waals surface area contributed by atoms with Crippen molar-refractivity contribution >= 4 is 22.9 Å². The zero-order valence-electron chi connectivity index (χ0n) is 9.88. The van der Waals surface area contributed by atoms with Gasteiger partial charge in [0.25, 0.3) is 5.91 Å². The predicted octanol–water partition coefficient (Wildman–Crippen LogP) is 3.90. The molecular formula is C13H11F2NOS. The molecule has 94 valence electrons. The van der Waals surface area contributed by atoms with E-state index in [0.29, 0.717) is 5.56 Å². The van der Waals surface area contributed by atoms with Crippen LogP contribution < -0.4 is 5.32 Å². The van der Waals surface area contributed by atoms with Crippen LogP contribution in [0, 0.1) is 25.5 Å². The fourth-order valence-corrected chi connectivity index (χ4v) is 2.40. The lowest BCUT2D eigenvalue weighted by molar-refractivity contribution is 0.102. The Bertz CT molecular complexity index is 587. The summed E-state index contributed by atoms with van der Waals surface area (Å²) in [6.45, 7) is 3.69. The van der Waals surface area contributed by atoms with E-state index in [2.05, 4.69) is 5.32 Å². The first-order valence-electron chi connectivity index (χ1n) is 5.30. The summed E-state index contributed by atoms with van der Waals surface area (Å²) in [5.74, 6) is -2.07. The van der Waals surface area contributed by atoms with Gasteiger partial charge in [-0.1, -0.05) is 6.07 Å². The largest absolute Gasteiger partial charge is 0.317 e. The number of nitrogens with one attached hydrogen (secondary N) is 1. The molecule has 1 aromatic carbocycles. The normalized spacial score (nSPS) is 10.4. The van der Waals surface area contributed by atoms with Gasteiger partial charge in [-0.05, 0) is 31.5 Å². The van der Waals surface area contributed by atoms with Gasteiger partial charge in [-0.15, -0.1) is 11.3 Å². The molecule has 0 fully saturated rings. The standard InChI is InChI=1S/C13H11F2NOS/c1-7-8(2)18-6-9(7)13(17)16-12-10(14)4-3-5-11(12)15/h3-6H,1-2H3,(H,16,17). The third kappa shape index (κ3) is 2.26. The van der Waals surface area contributed by atoms with Crippen LogP contribution in [0.4, 0.5) is 14.5 Å². The number of amides is 1. The highest BCUT2D eigenvalue weighted by Gasteiger charge is 2.16. The second kappa shape index (κ2) is 4.86. The molecular weight excluding hydrogens is 256 g/mol. The highest BCUT2D eigenvalue weighted by Crippen LogP contribution is 2.23. The molecule has 0 radical (unpaired) electrons. The maximum absolute atomic E-state index is 13.4. The maximum atomic E-state index is 13.4. The molecule has 2 nitrogen and oxygen atoms in total. The molecule has 0 spiro atoms. The van der Waals surface area contributed by atoms with Crippen molar-refractivity contribution in [2.75, 3.05) is 5.32 Å². The maximum Gasteiger partial charge on any atom is 0.256 e. The van der Waals surface area contributed by atoms with Crippen LogP contribution in [0.3, 0.4) is 0 Å². The van der Waals surface area contributed by atoms with E-state index in [1.807, 2.05) is 6.92 Å². The van der Waals surface area contributed by atoms with Crippen molar-refractivity contribution in [2.45, 2.75) is 13.8 Å². The molecule has 1 heterocycles. The SMILES string of the molecule is Cc1scc(C(=O)Nc2c(F)cccc2F)c1C. The first kappa shape index (κ1) is 12.7. The van der Waals surface area contributed by atoms with E-state index in [4.69, 9.17) is 0 Å². The molecule has 2 rings (SSSR count). The van der Waals surface area contributed by atoms with Crippen LogP contribution in [0.5, 0.6) is 0 Å². The van der Waals surface area contributed by atoms with Crippen molar-refractivity contribution in [1.29, 1.82) is 0 Å².